The fourth-order valence-corrected chi connectivity index (χ4v) is 2.53. The van der Waals surface area contributed by atoms with Gasteiger partial charge in [0, 0.05) is 32.1 Å². The van der Waals surface area contributed by atoms with Crippen molar-refractivity contribution in [3.63, 3.8) is 0 Å². The van der Waals surface area contributed by atoms with Crippen molar-refractivity contribution in [3.8, 4) is 16.9 Å². The first-order valence-corrected chi connectivity index (χ1v) is 8.52. The molecule has 6 nitrogen and oxygen atoms in total. The van der Waals surface area contributed by atoms with Gasteiger partial charge in [-0.05, 0) is 23.6 Å². The van der Waals surface area contributed by atoms with Gasteiger partial charge in [0.15, 0.2) is 5.96 Å². The molecule has 6 heteroatoms. The number of benzene rings is 2. The number of carbonyl (C=O) groups is 1. The van der Waals surface area contributed by atoms with Crippen LogP contribution in [0.4, 0.5) is 0 Å². The van der Waals surface area contributed by atoms with Gasteiger partial charge in [0.1, 0.15) is 5.75 Å². The molecule has 0 spiro atoms. The van der Waals surface area contributed by atoms with Gasteiger partial charge in [-0.2, -0.15) is 4.99 Å². The molecule has 4 N–H and O–H groups in total. The number of nitrogens with two attached hydrogens (primary N) is 2. The number of amides is 1. The smallest absolute Gasteiger partial charge is 0.249 e. The minimum Gasteiger partial charge on any atom is -0.493 e. The number of aryl methyl sites for hydroxylation is 1. The molecule has 0 heterocycles. The Labute approximate surface area is 153 Å². The summed E-state index contributed by atoms with van der Waals surface area (Å²) in [5.74, 6) is 0.246. The predicted molar refractivity (Wildman–Crippen MR) is 103 cm³/mol. The van der Waals surface area contributed by atoms with Crippen LogP contribution in [-0.2, 0) is 16.0 Å². The largest absolute Gasteiger partial charge is 0.493 e. The van der Waals surface area contributed by atoms with E-state index in [9.17, 15) is 4.79 Å². The molecular formula is C20H25N3O3. The minimum absolute atomic E-state index is 0.211. The van der Waals surface area contributed by atoms with Crippen molar-refractivity contribution in [2.24, 2.45) is 16.5 Å². The van der Waals surface area contributed by atoms with Crippen LogP contribution in [0, 0.1) is 0 Å². The first-order chi connectivity index (χ1) is 12.6. The van der Waals surface area contributed by atoms with Gasteiger partial charge in [0.2, 0.25) is 5.91 Å². The number of carbonyl (C=O) groups excluding carboxylic acids is 1. The summed E-state index contributed by atoms with van der Waals surface area (Å²) in [6.45, 7) is 1.21. The van der Waals surface area contributed by atoms with E-state index in [0.29, 0.717) is 19.6 Å². The summed E-state index contributed by atoms with van der Waals surface area (Å²) in [5, 5.41) is 0. The standard InChI is InChI=1S/C20H25N3O3/c1-25-12-5-13-26-18-14-15(9-11-19(24)23-20(21)22)8-10-17(18)16-6-3-2-4-7-16/h2-4,6-8,10,14H,5,9,11-13H2,1H3,(H4,21,22,23,24). The first-order valence-electron chi connectivity index (χ1n) is 8.52. The van der Waals surface area contributed by atoms with Gasteiger partial charge in [-0.25, -0.2) is 0 Å². The molecule has 0 radical (unpaired) electrons. The lowest BCUT2D eigenvalue weighted by molar-refractivity contribution is -0.117. The van der Waals surface area contributed by atoms with Crippen LogP contribution < -0.4 is 16.2 Å². The Kier molecular flexibility index (Phi) is 7.64. The van der Waals surface area contributed by atoms with E-state index in [4.69, 9.17) is 20.9 Å². The molecule has 1 amide bonds. The molecule has 0 saturated carbocycles. The van der Waals surface area contributed by atoms with Gasteiger partial charge in [0.05, 0.1) is 6.61 Å². The van der Waals surface area contributed by atoms with E-state index in [-0.39, 0.29) is 18.3 Å². The number of methoxy groups -OCH3 is 1. The summed E-state index contributed by atoms with van der Waals surface area (Å²) in [7, 11) is 1.67. The molecule has 0 aliphatic heterocycles. The summed E-state index contributed by atoms with van der Waals surface area (Å²) >= 11 is 0. The van der Waals surface area contributed by atoms with Crippen LogP contribution in [-0.4, -0.2) is 32.2 Å². The molecule has 0 aliphatic carbocycles. The monoisotopic (exact) mass is 355 g/mol. The third kappa shape index (κ3) is 6.22. The van der Waals surface area contributed by atoms with Crippen molar-refractivity contribution < 1.29 is 14.3 Å². The van der Waals surface area contributed by atoms with E-state index >= 15 is 0 Å². The fourth-order valence-electron chi connectivity index (χ4n) is 2.53. The third-order valence-electron chi connectivity index (χ3n) is 3.76. The maximum absolute atomic E-state index is 11.7. The van der Waals surface area contributed by atoms with E-state index in [1.54, 1.807) is 7.11 Å². The van der Waals surface area contributed by atoms with Crippen LogP contribution in [0.15, 0.2) is 53.5 Å². The average Bonchev–Trinajstić information content (AvgIpc) is 2.64. The lowest BCUT2D eigenvalue weighted by atomic mass is 10.0. The van der Waals surface area contributed by atoms with Crippen molar-refractivity contribution in [1.82, 2.24) is 0 Å². The molecule has 0 aromatic heterocycles. The molecule has 0 unspecified atom stereocenters. The number of aliphatic imine (C=N–C) groups is 1. The molecular weight excluding hydrogens is 330 g/mol. The molecule has 0 fully saturated rings. The quantitative estimate of drug-likeness (QED) is 0.409. The lowest BCUT2D eigenvalue weighted by Gasteiger charge is -2.13. The summed E-state index contributed by atoms with van der Waals surface area (Å²) < 4.78 is 11.0. The average molecular weight is 355 g/mol. The van der Waals surface area contributed by atoms with Crippen molar-refractivity contribution in [1.29, 1.82) is 0 Å². The molecule has 2 aromatic carbocycles. The number of nitrogens with zero attached hydrogens (tertiary/aromatic N) is 1. The lowest BCUT2D eigenvalue weighted by Crippen LogP contribution is -2.24. The molecule has 0 saturated heterocycles. The molecule has 0 aliphatic rings. The zero-order chi connectivity index (χ0) is 18.8. The maximum Gasteiger partial charge on any atom is 0.249 e. The van der Waals surface area contributed by atoms with Gasteiger partial charge < -0.3 is 20.9 Å². The van der Waals surface area contributed by atoms with Crippen LogP contribution in [0.1, 0.15) is 18.4 Å². The predicted octanol–water partition coefficient (Wildman–Crippen LogP) is 2.50. The Morgan fingerprint density at radius 3 is 2.54 bits per heavy atom. The maximum atomic E-state index is 11.7. The highest BCUT2D eigenvalue weighted by molar-refractivity contribution is 5.91. The summed E-state index contributed by atoms with van der Waals surface area (Å²) in [6.07, 6.45) is 1.59. The van der Waals surface area contributed by atoms with Crippen LogP contribution in [0.5, 0.6) is 5.75 Å². The Morgan fingerprint density at radius 2 is 1.85 bits per heavy atom. The van der Waals surface area contributed by atoms with E-state index in [2.05, 4.69) is 4.99 Å². The Bertz CT molecular complexity index is 741. The number of guanidine groups is 1. The number of rotatable bonds is 9. The normalized spacial score (nSPS) is 10.3. The highest BCUT2D eigenvalue weighted by Gasteiger charge is 2.09. The Balaban J connectivity index is 2.16. The van der Waals surface area contributed by atoms with Crippen molar-refractivity contribution in [2.45, 2.75) is 19.3 Å². The van der Waals surface area contributed by atoms with Crippen molar-refractivity contribution >= 4 is 11.9 Å². The van der Waals surface area contributed by atoms with Gasteiger partial charge in [0.25, 0.3) is 0 Å². The first kappa shape index (κ1) is 19.5. The van der Waals surface area contributed by atoms with Crippen LogP contribution in [0.3, 0.4) is 0 Å². The molecule has 0 atom stereocenters. The van der Waals surface area contributed by atoms with E-state index in [0.717, 1.165) is 28.9 Å². The van der Waals surface area contributed by atoms with Gasteiger partial charge in [-0.1, -0.05) is 42.5 Å². The number of ether oxygens (including phenoxy) is 2. The highest BCUT2D eigenvalue weighted by Crippen LogP contribution is 2.31. The minimum atomic E-state index is -0.334. The van der Waals surface area contributed by atoms with Crippen LogP contribution in [0.2, 0.25) is 0 Å². The van der Waals surface area contributed by atoms with E-state index in [1.807, 2.05) is 48.5 Å². The summed E-state index contributed by atoms with van der Waals surface area (Å²) in [6, 6.07) is 16.0. The number of hydrogen-bond acceptors (Lipinski definition) is 3. The Morgan fingerprint density at radius 1 is 1.08 bits per heavy atom. The Hall–Kier alpha value is -2.86. The zero-order valence-electron chi connectivity index (χ0n) is 15.0. The van der Waals surface area contributed by atoms with Crippen molar-refractivity contribution in [3.05, 3.63) is 54.1 Å². The van der Waals surface area contributed by atoms with E-state index < -0.39 is 0 Å². The summed E-state index contributed by atoms with van der Waals surface area (Å²) in [5.41, 5.74) is 13.5. The van der Waals surface area contributed by atoms with Gasteiger partial charge >= 0.3 is 0 Å². The highest BCUT2D eigenvalue weighted by atomic mass is 16.5. The van der Waals surface area contributed by atoms with Gasteiger partial charge in [-0.15, -0.1) is 0 Å². The SMILES string of the molecule is COCCCOc1cc(CCC(=O)N=C(N)N)ccc1-c1ccccc1. The molecule has 26 heavy (non-hydrogen) atoms. The molecule has 0 bridgehead atoms. The van der Waals surface area contributed by atoms with Crippen LogP contribution in [0.25, 0.3) is 11.1 Å². The van der Waals surface area contributed by atoms with Crippen LogP contribution >= 0.6 is 0 Å². The summed E-state index contributed by atoms with van der Waals surface area (Å²) in [4.78, 5) is 15.2. The second-order valence-electron chi connectivity index (χ2n) is 5.82. The third-order valence-corrected chi connectivity index (χ3v) is 3.76. The second kappa shape index (κ2) is 10.2. The fraction of sp³-hybridized carbons (Fsp3) is 0.300. The van der Waals surface area contributed by atoms with E-state index in [1.165, 1.54) is 0 Å². The molecule has 2 rings (SSSR count). The number of hydrogen-bond donors (Lipinski definition) is 2. The second-order valence-corrected chi connectivity index (χ2v) is 5.82. The molecule has 138 valence electrons. The topological polar surface area (TPSA) is 99.9 Å². The van der Waals surface area contributed by atoms with Gasteiger partial charge in [-0.3, -0.25) is 4.79 Å². The molecule has 2 aromatic rings. The van der Waals surface area contributed by atoms with Crippen molar-refractivity contribution in [2.75, 3.05) is 20.3 Å². The zero-order valence-corrected chi connectivity index (χ0v) is 15.0.